The predicted octanol–water partition coefficient (Wildman–Crippen LogP) is 1.95. The molecule has 218 valence electrons. The van der Waals surface area contributed by atoms with Gasteiger partial charge in [0.2, 0.25) is 17.7 Å². The molecule has 1 unspecified atom stereocenters. The minimum atomic E-state index is -1.18. The lowest BCUT2D eigenvalue weighted by molar-refractivity contribution is -0.159. The van der Waals surface area contributed by atoms with Gasteiger partial charge in [0.05, 0.1) is 24.5 Å². The van der Waals surface area contributed by atoms with Crippen molar-refractivity contribution in [3.63, 3.8) is 0 Å². The monoisotopic (exact) mass is 611 g/mol. The van der Waals surface area contributed by atoms with Crippen LogP contribution in [-0.4, -0.2) is 100 Å². The van der Waals surface area contributed by atoms with Crippen molar-refractivity contribution in [2.45, 2.75) is 81.1 Å². The molecular formula is C28H42BrN3O7. The molecule has 3 aliphatic rings. The third kappa shape index (κ3) is 6.41. The number of rotatable bonds is 16. The zero-order chi connectivity index (χ0) is 28.7. The van der Waals surface area contributed by atoms with Gasteiger partial charge in [-0.15, -0.1) is 13.2 Å². The molecule has 0 aliphatic carbocycles. The van der Waals surface area contributed by atoms with Crippen LogP contribution in [0.4, 0.5) is 0 Å². The summed E-state index contributed by atoms with van der Waals surface area (Å²) in [5, 5.41) is 12.2. The molecule has 3 rings (SSSR count). The summed E-state index contributed by atoms with van der Waals surface area (Å²) in [7, 11) is 0. The Labute approximate surface area is 239 Å². The first-order chi connectivity index (χ1) is 18.7. The summed E-state index contributed by atoms with van der Waals surface area (Å²) in [6.45, 7) is 12.1. The molecule has 0 aromatic heterocycles. The number of likely N-dealkylation sites (tertiary alicyclic amines) is 1. The summed E-state index contributed by atoms with van der Waals surface area (Å²) >= 11 is 3.65. The second-order valence-electron chi connectivity index (χ2n) is 10.6. The van der Waals surface area contributed by atoms with E-state index in [0.29, 0.717) is 38.8 Å². The van der Waals surface area contributed by atoms with Gasteiger partial charge in [0.1, 0.15) is 17.7 Å². The number of aliphatic hydroxyl groups excluding tert-OH is 1. The van der Waals surface area contributed by atoms with Crippen molar-refractivity contribution in [1.29, 1.82) is 0 Å². The lowest BCUT2D eigenvalue weighted by Gasteiger charge is -2.37. The van der Waals surface area contributed by atoms with Crippen LogP contribution in [0.25, 0.3) is 0 Å². The highest BCUT2D eigenvalue weighted by Gasteiger charge is 2.77. The van der Waals surface area contributed by atoms with Gasteiger partial charge in [-0.1, -0.05) is 41.4 Å². The first-order valence-corrected chi connectivity index (χ1v) is 14.8. The van der Waals surface area contributed by atoms with E-state index in [2.05, 4.69) is 34.4 Å². The molecule has 3 amide bonds. The lowest BCUT2D eigenvalue weighted by Crippen LogP contribution is -2.57. The summed E-state index contributed by atoms with van der Waals surface area (Å²) in [5.74, 6) is -3.08. The molecule has 0 radical (unpaired) electrons. The highest BCUT2D eigenvalue weighted by molar-refractivity contribution is 9.09. The number of hydrogen-bond acceptors (Lipinski definition) is 7. The van der Waals surface area contributed by atoms with Crippen molar-refractivity contribution in [3.05, 3.63) is 25.3 Å². The fourth-order valence-electron chi connectivity index (χ4n) is 6.03. The topological polar surface area (TPSA) is 125 Å². The van der Waals surface area contributed by atoms with Gasteiger partial charge >= 0.3 is 5.97 Å². The number of amides is 3. The number of esters is 1. The van der Waals surface area contributed by atoms with Gasteiger partial charge in [-0.2, -0.15) is 0 Å². The maximum Gasteiger partial charge on any atom is 0.312 e. The number of fused-ring (bicyclic) bond motifs is 1. The Kier molecular flexibility index (Phi) is 11.1. The van der Waals surface area contributed by atoms with Crippen molar-refractivity contribution in [2.75, 3.05) is 32.8 Å². The Morgan fingerprint density at radius 1 is 1.33 bits per heavy atom. The third-order valence-electron chi connectivity index (χ3n) is 7.77. The number of unbranched alkanes of at least 4 members (excludes halogenated alkanes) is 1. The molecule has 3 saturated heterocycles. The second kappa shape index (κ2) is 13.9. The van der Waals surface area contributed by atoms with Crippen molar-refractivity contribution >= 4 is 39.6 Å². The number of hydrogen-bond donors (Lipinski definition) is 2. The molecule has 0 saturated carbocycles. The van der Waals surface area contributed by atoms with Crippen molar-refractivity contribution < 1.29 is 33.8 Å². The molecular weight excluding hydrogens is 570 g/mol. The second-order valence-corrected chi connectivity index (χ2v) is 11.8. The average molecular weight is 613 g/mol. The van der Waals surface area contributed by atoms with E-state index in [4.69, 9.17) is 9.47 Å². The molecule has 11 heteroatoms. The molecule has 2 bridgehead atoms. The van der Waals surface area contributed by atoms with E-state index in [1.54, 1.807) is 24.0 Å². The van der Waals surface area contributed by atoms with Crippen LogP contribution in [0.1, 0.15) is 52.4 Å². The number of carbonyl (C=O) groups excluding carboxylic acids is 4. The number of carbonyl (C=O) groups is 4. The van der Waals surface area contributed by atoms with E-state index in [9.17, 15) is 24.3 Å². The van der Waals surface area contributed by atoms with E-state index in [0.717, 1.165) is 12.8 Å². The zero-order valence-corrected chi connectivity index (χ0v) is 24.6. The van der Waals surface area contributed by atoms with Gasteiger partial charge in [-0.05, 0) is 32.6 Å². The first-order valence-electron chi connectivity index (χ1n) is 13.9. The minimum Gasteiger partial charge on any atom is -0.460 e. The van der Waals surface area contributed by atoms with Crippen molar-refractivity contribution in [2.24, 2.45) is 11.8 Å². The number of allylic oxidation sites excluding steroid dienone is 1. The van der Waals surface area contributed by atoms with Crippen LogP contribution >= 0.6 is 15.9 Å². The van der Waals surface area contributed by atoms with Gasteiger partial charge in [0.25, 0.3) is 0 Å². The number of ether oxygens (including phenoxy) is 2. The highest BCUT2D eigenvalue weighted by Crippen LogP contribution is 2.60. The molecule has 0 aromatic carbocycles. The van der Waals surface area contributed by atoms with Gasteiger partial charge in [-0.25, -0.2) is 0 Å². The number of nitrogens with one attached hydrogen (secondary N) is 1. The SMILES string of the molecule is C=CCCC(=O)NC[C@H](C)OC(=O)[C@@H]1[C@H]2O[C@@]3(CC2Br)[C@H](C(=O)N(CC=C)CCCC)N(CCCO)C(=O)[C@@H]13. The maximum atomic E-state index is 14.0. The standard InChI is InChI=1S/C28H42BrN3O7/c1-5-8-11-20(34)30-17-18(4)38-27(37)21-22-25(35)32(14-10-15-33)24(28(22)16-19(29)23(21)39-28)26(36)31(12-7-3)13-9-6-2/h5,7,18-19,21-24,33H,1,3,6,8-17H2,2,4H3,(H,30,34)/t18-,19?,21-,22+,23-,24-,28+/m0/s1. The number of aliphatic hydroxyl groups is 1. The van der Waals surface area contributed by atoms with Gasteiger partial charge < -0.3 is 29.7 Å². The van der Waals surface area contributed by atoms with Gasteiger partial charge in [0.15, 0.2) is 0 Å². The minimum absolute atomic E-state index is 0.138. The number of alkyl halides is 1. The first kappa shape index (κ1) is 31.3. The molecule has 1 spiro atoms. The molecule has 10 nitrogen and oxygen atoms in total. The van der Waals surface area contributed by atoms with Crippen LogP contribution < -0.4 is 5.32 Å². The summed E-state index contributed by atoms with van der Waals surface area (Å²) in [6.07, 6.45) is 5.32. The van der Waals surface area contributed by atoms with Crippen LogP contribution in [0.3, 0.4) is 0 Å². The zero-order valence-electron chi connectivity index (χ0n) is 23.0. The van der Waals surface area contributed by atoms with Crippen LogP contribution in [0.15, 0.2) is 25.3 Å². The van der Waals surface area contributed by atoms with Crippen LogP contribution in [0.5, 0.6) is 0 Å². The van der Waals surface area contributed by atoms with Crippen LogP contribution in [-0.2, 0) is 28.7 Å². The normalized spacial score (nSPS) is 29.6. The smallest absolute Gasteiger partial charge is 0.312 e. The fourth-order valence-corrected chi connectivity index (χ4v) is 6.97. The summed E-state index contributed by atoms with van der Waals surface area (Å²) in [5.41, 5.74) is -1.18. The third-order valence-corrected chi connectivity index (χ3v) is 8.62. The van der Waals surface area contributed by atoms with E-state index in [1.807, 2.05) is 6.92 Å². The van der Waals surface area contributed by atoms with Crippen LogP contribution in [0, 0.1) is 11.8 Å². The van der Waals surface area contributed by atoms with Gasteiger partial charge in [0, 0.05) is 37.5 Å². The van der Waals surface area contributed by atoms with Crippen molar-refractivity contribution in [1.82, 2.24) is 15.1 Å². The Morgan fingerprint density at radius 2 is 2.08 bits per heavy atom. The lowest BCUT2D eigenvalue weighted by atomic mass is 9.70. The molecule has 3 heterocycles. The van der Waals surface area contributed by atoms with Crippen LogP contribution in [0.2, 0.25) is 0 Å². The quantitative estimate of drug-likeness (QED) is 0.155. The molecule has 2 N–H and O–H groups in total. The van der Waals surface area contributed by atoms with Crippen molar-refractivity contribution in [3.8, 4) is 0 Å². The van der Waals surface area contributed by atoms with E-state index >= 15 is 0 Å². The largest absolute Gasteiger partial charge is 0.460 e. The Bertz CT molecular complexity index is 946. The molecule has 0 aromatic rings. The molecule has 7 atom stereocenters. The summed E-state index contributed by atoms with van der Waals surface area (Å²) in [4.78, 5) is 56.3. The van der Waals surface area contributed by atoms with E-state index < -0.39 is 41.7 Å². The molecule has 3 aliphatic heterocycles. The number of nitrogens with zero attached hydrogens (tertiary/aromatic N) is 2. The van der Waals surface area contributed by atoms with Gasteiger partial charge in [-0.3, -0.25) is 19.2 Å². The fraction of sp³-hybridized carbons (Fsp3) is 0.714. The molecule has 3 fully saturated rings. The molecule has 39 heavy (non-hydrogen) atoms. The highest BCUT2D eigenvalue weighted by atomic mass is 79.9. The predicted molar refractivity (Wildman–Crippen MR) is 149 cm³/mol. The average Bonchev–Trinajstić information content (AvgIpc) is 3.50. The Morgan fingerprint density at radius 3 is 2.72 bits per heavy atom. The Balaban J connectivity index is 1.85. The summed E-state index contributed by atoms with van der Waals surface area (Å²) in [6, 6.07) is -0.914. The summed E-state index contributed by atoms with van der Waals surface area (Å²) < 4.78 is 12.2. The van der Waals surface area contributed by atoms with E-state index in [1.165, 1.54) is 4.90 Å². The maximum absolute atomic E-state index is 14.0. The number of halogens is 1. The Hall–Kier alpha value is -2.24. The van der Waals surface area contributed by atoms with E-state index in [-0.39, 0.29) is 42.2 Å².